The van der Waals surface area contributed by atoms with Crippen molar-refractivity contribution in [1.29, 1.82) is 0 Å². The van der Waals surface area contributed by atoms with Gasteiger partial charge in [-0.05, 0) is 53.9 Å². The Balaban J connectivity index is 1.68. The molecule has 0 bridgehead atoms. The number of halogens is 4. The van der Waals surface area contributed by atoms with Gasteiger partial charge in [0, 0.05) is 18.8 Å². The van der Waals surface area contributed by atoms with Crippen LogP contribution in [-0.4, -0.2) is 31.7 Å². The molecule has 0 saturated carbocycles. The van der Waals surface area contributed by atoms with E-state index in [1.54, 1.807) is 12.1 Å². The molecule has 0 radical (unpaired) electrons. The standard InChI is InChI=1S/C24H20F4N2O3S/c25-20-10-8-17(9-11-20)15-29(16-23(31)30-13-12-18-4-1-2-7-22(18)30)34(32,33)21-6-3-5-19(14-21)24(26,27)28/h1-11,14H,12-13,15-16H2. The molecule has 3 aromatic carbocycles. The lowest BCUT2D eigenvalue weighted by Gasteiger charge is -2.25. The molecule has 5 nitrogen and oxygen atoms in total. The van der Waals surface area contributed by atoms with E-state index in [1.807, 2.05) is 12.1 Å². The molecule has 1 amide bonds. The second kappa shape index (κ2) is 9.19. The van der Waals surface area contributed by atoms with Crippen LogP contribution in [0.1, 0.15) is 16.7 Å². The number of carbonyl (C=O) groups excluding carboxylic acids is 1. The van der Waals surface area contributed by atoms with Crippen molar-refractivity contribution in [2.24, 2.45) is 0 Å². The van der Waals surface area contributed by atoms with Crippen LogP contribution in [0.15, 0.2) is 77.7 Å². The molecule has 1 aliphatic rings. The summed E-state index contributed by atoms with van der Waals surface area (Å²) in [5, 5.41) is 0. The van der Waals surface area contributed by atoms with Crippen LogP contribution in [0.4, 0.5) is 23.2 Å². The molecule has 0 atom stereocenters. The number of rotatable bonds is 6. The van der Waals surface area contributed by atoms with Crippen molar-refractivity contribution in [3.05, 3.63) is 95.3 Å². The molecule has 1 aliphatic heterocycles. The van der Waals surface area contributed by atoms with E-state index in [0.717, 1.165) is 40.2 Å². The summed E-state index contributed by atoms with van der Waals surface area (Å²) in [6, 6.07) is 15.6. The Morgan fingerprint density at radius 3 is 2.38 bits per heavy atom. The minimum absolute atomic E-state index is 0.319. The summed E-state index contributed by atoms with van der Waals surface area (Å²) in [5.74, 6) is -1.04. The SMILES string of the molecule is O=C(CN(Cc1ccc(F)cc1)S(=O)(=O)c1cccc(C(F)(F)F)c1)N1CCc2ccccc21. The van der Waals surface area contributed by atoms with Gasteiger partial charge >= 0.3 is 6.18 Å². The molecule has 0 unspecified atom stereocenters. The molecule has 0 spiro atoms. The summed E-state index contributed by atoms with van der Waals surface area (Å²) >= 11 is 0. The highest BCUT2D eigenvalue weighted by Crippen LogP contribution is 2.32. The average Bonchev–Trinajstić information content (AvgIpc) is 3.24. The molecule has 3 aromatic rings. The normalized spacial score (nSPS) is 13.9. The number of carbonyl (C=O) groups is 1. The molecule has 178 valence electrons. The zero-order chi connectivity index (χ0) is 24.5. The number of nitrogens with zero attached hydrogens (tertiary/aromatic N) is 2. The number of hydrogen-bond acceptors (Lipinski definition) is 3. The fourth-order valence-corrected chi connectivity index (χ4v) is 5.26. The van der Waals surface area contributed by atoms with Crippen LogP contribution >= 0.6 is 0 Å². The monoisotopic (exact) mass is 492 g/mol. The zero-order valence-electron chi connectivity index (χ0n) is 17.8. The summed E-state index contributed by atoms with van der Waals surface area (Å²) in [6.45, 7) is -0.545. The first-order valence-corrected chi connectivity index (χ1v) is 11.8. The van der Waals surface area contributed by atoms with Crippen LogP contribution in [0.3, 0.4) is 0 Å². The van der Waals surface area contributed by atoms with E-state index in [0.29, 0.717) is 30.3 Å². The quantitative estimate of drug-likeness (QED) is 0.472. The summed E-state index contributed by atoms with van der Waals surface area (Å²) in [6.07, 6.45) is -4.12. The minimum Gasteiger partial charge on any atom is -0.311 e. The molecular weight excluding hydrogens is 472 g/mol. The van der Waals surface area contributed by atoms with Crippen molar-refractivity contribution < 1.29 is 30.8 Å². The van der Waals surface area contributed by atoms with Gasteiger partial charge in [0.1, 0.15) is 5.82 Å². The van der Waals surface area contributed by atoms with Crippen molar-refractivity contribution in [1.82, 2.24) is 4.31 Å². The molecule has 0 fully saturated rings. The molecular formula is C24H20F4N2O3S. The highest BCUT2D eigenvalue weighted by molar-refractivity contribution is 7.89. The summed E-state index contributed by atoms with van der Waals surface area (Å²) in [4.78, 5) is 14.0. The third kappa shape index (κ3) is 4.97. The van der Waals surface area contributed by atoms with Gasteiger partial charge in [-0.3, -0.25) is 4.79 Å². The summed E-state index contributed by atoms with van der Waals surface area (Å²) in [5.41, 5.74) is 0.883. The van der Waals surface area contributed by atoms with Gasteiger partial charge in [-0.15, -0.1) is 0 Å². The van der Waals surface area contributed by atoms with Crippen molar-refractivity contribution in [3.63, 3.8) is 0 Å². The first-order valence-electron chi connectivity index (χ1n) is 10.4. The predicted molar refractivity (Wildman–Crippen MR) is 118 cm³/mol. The van der Waals surface area contributed by atoms with E-state index in [4.69, 9.17) is 0 Å². The van der Waals surface area contributed by atoms with E-state index in [9.17, 15) is 30.8 Å². The number of amides is 1. The van der Waals surface area contributed by atoms with Gasteiger partial charge in [-0.25, -0.2) is 12.8 Å². The third-order valence-electron chi connectivity index (χ3n) is 5.57. The molecule has 0 N–H and O–H groups in total. The molecule has 0 aromatic heterocycles. The topological polar surface area (TPSA) is 57.7 Å². The van der Waals surface area contributed by atoms with Crippen LogP contribution in [-0.2, 0) is 34.0 Å². The van der Waals surface area contributed by atoms with Gasteiger partial charge in [-0.1, -0.05) is 36.4 Å². The first kappa shape index (κ1) is 23.9. The number of hydrogen-bond donors (Lipinski definition) is 0. The van der Waals surface area contributed by atoms with Crippen molar-refractivity contribution in [2.75, 3.05) is 18.0 Å². The number of alkyl halides is 3. The second-order valence-corrected chi connectivity index (χ2v) is 9.79. The van der Waals surface area contributed by atoms with Crippen molar-refractivity contribution in [2.45, 2.75) is 24.0 Å². The molecule has 34 heavy (non-hydrogen) atoms. The van der Waals surface area contributed by atoms with Crippen molar-refractivity contribution in [3.8, 4) is 0 Å². The zero-order valence-corrected chi connectivity index (χ0v) is 18.6. The number of para-hydroxylation sites is 1. The first-order chi connectivity index (χ1) is 16.1. The highest BCUT2D eigenvalue weighted by Gasteiger charge is 2.35. The van der Waals surface area contributed by atoms with E-state index in [1.165, 1.54) is 17.0 Å². The lowest BCUT2D eigenvalue weighted by Crippen LogP contribution is -2.42. The second-order valence-electron chi connectivity index (χ2n) is 7.85. The fourth-order valence-electron chi connectivity index (χ4n) is 3.83. The van der Waals surface area contributed by atoms with Gasteiger partial charge in [0.05, 0.1) is 17.0 Å². The van der Waals surface area contributed by atoms with Crippen LogP contribution in [0.5, 0.6) is 0 Å². The smallest absolute Gasteiger partial charge is 0.311 e. The van der Waals surface area contributed by atoms with E-state index in [2.05, 4.69) is 0 Å². The molecule has 0 aliphatic carbocycles. The van der Waals surface area contributed by atoms with Gasteiger partial charge in [0.15, 0.2) is 0 Å². The molecule has 0 saturated heterocycles. The highest BCUT2D eigenvalue weighted by atomic mass is 32.2. The van der Waals surface area contributed by atoms with Crippen LogP contribution < -0.4 is 4.90 Å². The van der Waals surface area contributed by atoms with Gasteiger partial charge in [0.2, 0.25) is 15.9 Å². The van der Waals surface area contributed by atoms with Gasteiger partial charge in [-0.2, -0.15) is 17.5 Å². The Labute approximate surface area is 194 Å². The van der Waals surface area contributed by atoms with E-state index < -0.39 is 44.9 Å². The lowest BCUT2D eigenvalue weighted by atomic mass is 10.2. The number of sulfonamides is 1. The largest absolute Gasteiger partial charge is 0.416 e. The number of anilines is 1. The van der Waals surface area contributed by atoms with Gasteiger partial charge in [0.25, 0.3) is 0 Å². The van der Waals surface area contributed by atoms with Crippen LogP contribution in [0, 0.1) is 5.82 Å². The van der Waals surface area contributed by atoms with E-state index in [-0.39, 0.29) is 6.54 Å². The maximum Gasteiger partial charge on any atom is 0.416 e. The predicted octanol–water partition coefficient (Wildman–Crippen LogP) is 4.62. The number of benzene rings is 3. The molecule has 10 heteroatoms. The van der Waals surface area contributed by atoms with Crippen LogP contribution in [0.25, 0.3) is 0 Å². The Morgan fingerprint density at radius 2 is 1.68 bits per heavy atom. The Bertz CT molecular complexity index is 1310. The maximum atomic E-state index is 13.4. The average molecular weight is 492 g/mol. The third-order valence-corrected chi connectivity index (χ3v) is 7.36. The Hall–Kier alpha value is -3.24. The maximum absolute atomic E-state index is 13.4. The fraction of sp³-hybridized carbons (Fsp3) is 0.208. The Kier molecular flexibility index (Phi) is 6.46. The van der Waals surface area contributed by atoms with Gasteiger partial charge < -0.3 is 4.90 Å². The Morgan fingerprint density at radius 1 is 0.971 bits per heavy atom. The molecule has 4 rings (SSSR count). The molecule has 1 heterocycles. The van der Waals surface area contributed by atoms with Crippen LogP contribution in [0.2, 0.25) is 0 Å². The lowest BCUT2D eigenvalue weighted by molar-refractivity contribution is -0.137. The minimum atomic E-state index is -4.73. The summed E-state index contributed by atoms with van der Waals surface area (Å²) in [7, 11) is -4.50. The summed E-state index contributed by atoms with van der Waals surface area (Å²) < 4.78 is 80.5. The number of fused-ring (bicyclic) bond motifs is 1. The van der Waals surface area contributed by atoms with Crippen molar-refractivity contribution >= 4 is 21.6 Å². The van der Waals surface area contributed by atoms with E-state index >= 15 is 0 Å².